The number of hydrogen-bond donors (Lipinski definition) is 6. The molecule has 12 nitrogen and oxygen atoms in total. The van der Waals surface area contributed by atoms with Gasteiger partial charge in [-0.3, -0.25) is 19.3 Å². The van der Waals surface area contributed by atoms with Gasteiger partial charge < -0.3 is 35.8 Å². The van der Waals surface area contributed by atoms with E-state index in [2.05, 4.69) is 5.16 Å². The minimum absolute atomic E-state index is 0.0264. The first-order valence-electron chi connectivity index (χ1n) is 11.7. The summed E-state index contributed by atoms with van der Waals surface area (Å²) >= 11 is 0. The van der Waals surface area contributed by atoms with Gasteiger partial charge in [0.25, 0.3) is 5.91 Å². The van der Waals surface area contributed by atoms with Crippen molar-refractivity contribution in [2.75, 3.05) is 14.1 Å². The summed E-state index contributed by atoms with van der Waals surface area (Å²) in [6.45, 7) is 0. The zero-order valence-corrected chi connectivity index (χ0v) is 20.4. The number of phenolic OH excluding ortho intramolecular Hbond substituents is 1. The summed E-state index contributed by atoms with van der Waals surface area (Å²) in [7, 11) is 3.13. The number of fused-ring (bicyclic) bond motifs is 3. The number of rotatable bonds is 4. The van der Waals surface area contributed by atoms with Crippen LogP contribution in [0.25, 0.3) is 11.3 Å². The Labute approximate surface area is 215 Å². The van der Waals surface area contributed by atoms with Crippen LogP contribution in [0.2, 0.25) is 0 Å². The van der Waals surface area contributed by atoms with Gasteiger partial charge in [-0.15, -0.1) is 0 Å². The van der Waals surface area contributed by atoms with Crippen molar-refractivity contribution < 1.29 is 44.4 Å². The van der Waals surface area contributed by atoms with Crippen molar-refractivity contribution in [2.45, 2.75) is 24.5 Å². The highest BCUT2D eigenvalue weighted by atomic mass is 16.4. The van der Waals surface area contributed by atoms with Gasteiger partial charge >= 0.3 is 0 Å². The zero-order chi connectivity index (χ0) is 27.7. The van der Waals surface area contributed by atoms with Gasteiger partial charge in [0.15, 0.2) is 11.4 Å². The molecule has 1 aromatic carbocycles. The van der Waals surface area contributed by atoms with Crippen molar-refractivity contribution in [1.29, 1.82) is 0 Å². The van der Waals surface area contributed by atoms with Crippen LogP contribution in [-0.2, 0) is 16.0 Å². The minimum atomic E-state index is -2.70. The molecule has 0 unspecified atom stereocenters. The number of carbonyl (C=O) groups is 3. The molecular formula is C26H25N3O9. The van der Waals surface area contributed by atoms with Crippen LogP contribution in [0.15, 0.2) is 56.5 Å². The van der Waals surface area contributed by atoms with Crippen LogP contribution in [0.5, 0.6) is 5.75 Å². The van der Waals surface area contributed by atoms with Gasteiger partial charge in [-0.1, -0.05) is 5.16 Å². The average Bonchev–Trinajstić information content (AvgIpc) is 3.29. The Hall–Kier alpha value is -4.42. The predicted octanol–water partition coefficient (Wildman–Crippen LogP) is 1.19. The van der Waals surface area contributed by atoms with E-state index in [1.165, 1.54) is 11.0 Å². The maximum atomic E-state index is 13.7. The second-order valence-electron chi connectivity index (χ2n) is 9.90. The fourth-order valence-electron chi connectivity index (χ4n) is 6.11. The minimum Gasteiger partial charge on any atom is -0.510 e. The molecular weight excluding hydrogens is 498 g/mol. The standard InChI is InChI=1S/C26H25N3O9/c1-29(2)20-14-8-10-7-13-12(16-6-3-11(38-16)9-28-37)4-5-15(30)18(13)21(31)17(10)23(33)26(14,36)24(34)19(22(20)32)25(27)35/h3-6,9-10,14,20,30,32-33,36-37H,7-8H2,1-2H3,(H2,27,35)/b28-9+/t10-,14+,20+,26-/m1/s1. The highest BCUT2D eigenvalue weighted by Gasteiger charge is 2.63. The number of Topliss-reactive ketones (excluding diaryl/α,β-unsaturated/α-hetero) is 2. The Balaban J connectivity index is 1.70. The number of aliphatic hydroxyl groups excluding tert-OH is 2. The fraction of sp³-hybridized carbons (Fsp3) is 0.308. The Kier molecular flexibility index (Phi) is 5.69. The Bertz CT molecular complexity index is 1500. The predicted molar refractivity (Wildman–Crippen MR) is 131 cm³/mol. The molecule has 0 saturated carbocycles. The summed E-state index contributed by atoms with van der Waals surface area (Å²) in [6, 6.07) is 4.93. The molecule has 5 rings (SSSR count). The van der Waals surface area contributed by atoms with E-state index in [4.69, 9.17) is 15.4 Å². The van der Waals surface area contributed by atoms with Gasteiger partial charge in [0.1, 0.15) is 40.6 Å². The van der Waals surface area contributed by atoms with Gasteiger partial charge in [-0.2, -0.15) is 0 Å². The number of nitrogens with two attached hydrogens (primary N) is 1. The molecule has 1 heterocycles. The van der Waals surface area contributed by atoms with Gasteiger partial charge in [0.2, 0.25) is 5.78 Å². The van der Waals surface area contributed by atoms with E-state index in [0.717, 1.165) is 6.21 Å². The molecule has 0 saturated heterocycles. The molecule has 1 aromatic heterocycles. The molecule has 1 amide bonds. The largest absolute Gasteiger partial charge is 0.510 e. The third-order valence-corrected chi connectivity index (χ3v) is 7.68. The molecule has 7 N–H and O–H groups in total. The molecule has 3 aliphatic carbocycles. The average molecular weight is 523 g/mol. The van der Waals surface area contributed by atoms with E-state index in [0.29, 0.717) is 16.9 Å². The van der Waals surface area contributed by atoms with Crippen molar-refractivity contribution >= 4 is 23.7 Å². The second-order valence-corrected chi connectivity index (χ2v) is 9.90. The molecule has 0 bridgehead atoms. The van der Waals surface area contributed by atoms with E-state index in [9.17, 15) is 34.8 Å². The third kappa shape index (κ3) is 3.30. The van der Waals surface area contributed by atoms with E-state index in [-0.39, 0.29) is 35.5 Å². The van der Waals surface area contributed by atoms with E-state index in [1.54, 1.807) is 32.3 Å². The van der Waals surface area contributed by atoms with Crippen LogP contribution in [0.1, 0.15) is 28.1 Å². The maximum Gasteiger partial charge on any atom is 0.255 e. The quantitative estimate of drug-likeness (QED) is 0.146. The first kappa shape index (κ1) is 25.2. The Morgan fingerprint density at radius 1 is 1.18 bits per heavy atom. The molecule has 38 heavy (non-hydrogen) atoms. The van der Waals surface area contributed by atoms with Crippen LogP contribution < -0.4 is 5.73 Å². The highest BCUT2D eigenvalue weighted by molar-refractivity contribution is 6.24. The molecule has 0 aliphatic heterocycles. The van der Waals surface area contributed by atoms with E-state index in [1.807, 2.05) is 0 Å². The first-order chi connectivity index (χ1) is 17.9. The number of nitrogens with zero attached hydrogens (tertiary/aromatic N) is 2. The van der Waals surface area contributed by atoms with Gasteiger partial charge in [-0.05, 0) is 62.7 Å². The summed E-state index contributed by atoms with van der Waals surface area (Å²) in [5.41, 5.74) is 2.31. The molecule has 0 spiro atoms. The number of allylic oxidation sites excluding steroid dienone is 1. The number of likely N-dealkylation sites (N-methyl/N-ethyl adjacent to an activating group) is 1. The first-order valence-corrected chi connectivity index (χ1v) is 11.7. The summed E-state index contributed by atoms with van der Waals surface area (Å²) in [5.74, 6) is -6.56. The highest BCUT2D eigenvalue weighted by Crippen LogP contribution is 2.53. The number of carbonyl (C=O) groups excluding carboxylic acids is 3. The summed E-state index contributed by atoms with van der Waals surface area (Å²) < 4.78 is 5.68. The lowest BCUT2D eigenvalue weighted by Crippen LogP contribution is -2.63. The van der Waals surface area contributed by atoms with Crippen LogP contribution >= 0.6 is 0 Å². The number of primary amides is 1. The second kappa shape index (κ2) is 8.57. The number of aliphatic hydroxyl groups is 3. The van der Waals surface area contributed by atoms with Crippen LogP contribution in [0.3, 0.4) is 0 Å². The van der Waals surface area contributed by atoms with E-state index < -0.39 is 58.0 Å². The molecule has 0 fully saturated rings. The topological polar surface area (TPSA) is 207 Å². The van der Waals surface area contributed by atoms with Crippen LogP contribution in [0, 0.1) is 11.8 Å². The number of aromatic hydroxyl groups is 1. The SMILES string of the molecule is CN(C)[C@@H]1C(O)=C(C(N)=O)C(=O)[C@]2(O)C(O)=C3C(=O)c4c(O)ccc(-c5ccc(/C=N/O)o5)c4C[C@@H]3C[C@@H]12. The van der Waals surface area contributed by atoms with Crippen molar-refractivity contribution in [1.82, 2.24) is 4.90 Å². The fourth-order valence-corrected chi connectivity index (χ4v) is 6.11. The van der Waals surface area contributed by atoms with Crippen LogP contribution in [0.4, 0.5) is 0 Å². The Morgan fingerprint density at radius 3 is 2.53 bits per heavy atom. The lowest BCUT2D eigenvalue weighted by atomic mass is 9.58. The normalized spacial score (nSPS) is 27.1. The van der Waals surface area contributed by atoms with Crippen molar-refractivity contribution in [3.63, 3.8) is 0 Å². The summed E-state index contributed by atoms with van der Waals surface area (Å²) in [6.07, 6.45) is 1.17. The van der Waals surface area contributed by atoms with E-state index >= 15 is 0 Å². The number of hydrogen-bond acceptors (Lipinski definition) is 11. The van der Waals surface area contributed by atoms with Gasteiger partial charge in [0.05, 0.1) is 11.6 Å². The molecule has 0 radical (unpaired) electrons. The number of benzene rings is 1. The lowest BCUT2D eigenvalue weighted by molar-refractivity contribution is -0.148. The van der Waals surface area contributed by atoms with Gasteiger partial charge in [-0.25, -0.2) is 0 Å². The van der Waals surface area contributed by atoms with Crippen molar-refractivity contribution in [2.24, 2.45) is 22.7 Å². The molecule has 12 heteroatoms. The Morgan fingerprint density at radius 2 is 1.89 bits per heavy atom. The maximum absolute atomic E-state index is 13.7. The molecule has 2 aromatic rings. The van der Waals surface area contributed by atoms with Crippen molar-refractivity contribution in [3.8, 4) is 17.1 Å². The number of ketones is 2. The molecule has 198 valence electrons. The number of phenols is 1. The smallest absolute Gasteiger partial charge is 0.255 e. The van der Waals surface area contributed by atoms with Crippen molar-refractivity contribution in [3.05, 3.63) is 63.8 Å². The zero-order valence-electron chi connectivity index (χ0n) is 20.4. The monoisotopic (exact) mass is 523 g/mol. The third-order valence-electron chi connectivity index (χ3n) is 7.68. The molecule has 4 atom stereocenters. The number of amides is 1. The molecule has 3 aliphatic rings. The van der Waals surface area contributed by atoms with Crippen LogP contribution in [-0.4, -0.2) is 80.0 Å². The summed E-state index contributed by atoms with van der Waals surface area (Å²) in [5, 5.41) is 56.1. The number of oxime groups is 1. The lowest BCUT2D eigenvalue weighted by Gasteiger charge is -2.50. The van der Waals surface area contributed by atoms with Gasteiger partial charge in [0, 0.05) is 17.1 Å². The summed E-state index contributed by atoms with van der Waals surface area (Å²) in [4.78, 5) is 40.6. The number of furan rings is 1.